The van der Waals surface area contributed by atoms with Crippen LogP contribution in [0.15, 0.2) is 42.5 Å². The minimum Gasteiger partial charge on any atom is -0.309 e. The molecule has 0 N–H and O–H groups in total. The van der Waals surface area contributed by atoms with Gasteiger partial charge in [0, 0.05) is 0 Å². The van der Waals surface area contributed by atoms with E-state index in [0.717, 1.165) is 18.5 Å². The lowest BCUT2D eigenvalue weighted by Crippen LogP contribution is -2.34. The Morgan fingerprint density at radius 3 is 2.33 bits per heavy atom. The SMILES string of the molecule is CC(C)C(C#N)(CCN(C)C)c1ccc2ccccc2c1. The van der Waals surface area contributed by atoms with Crippen molar-refractivity contribution in [3.8, 4) is 6.07 Å². The van der Waals surface area contributed by atoms with E-state index in [0.29, 0.717) is 0 Å². The Morgan fingerprint density at radius 1 is 1.10 bits per heavy atom. The van der Waals surface area contributed by atoms with Crippen molar-refractivity contribution >= 4 is 10.8 Å². The quantitative estimate of drug-likeness (QED) is 0.820. The van der Waals surface area contributed by atoms with Crippen molar-refractivity contribution in [3.63, 3.8) is 0 Å². The highest BCUT2D eigenvalue weighted by Gasteiger charge is 2.35. The molecule has 2 rings (SSSR count). The minimum absolute atomic E-state index is 0.281. The highest BCUT2D eigenvalue weighted by Crippen LogP contribution is 2.36. The van der Waals surface area contributed by atoms with Crippen molar-refractivity contribution < 1.29 is 0 Å². The van der Waals surface area contributed by atoms with Gasteiger partial charge in [-0.2, -0.15) is 5.26 Å². The molecule has 0 saturated heterocycles. The van der Waals surface area contributed by atoms with Gasteiger partial charge in [0.15, 0.2) is 0 Å². The molecule has 0 heterocycles. The summed E-state index contributed by atoms with van der Waals surface area (Å²) in [5, 5.41) is 12.4. The number of nitriles is 1. The van der Waals surface area contributed by atoms with Gasteiger partial charge in [-0.05, 0) is 55.4 Å². The summed E-state index contributed by atoms with van der Waals surface area (Å²) in [6.45, 7) is 5.21. The third-order valence-electron chi connectivity index (χ3n) is 4.40. The lowest BCUT2D eigenvalue weighted by atomic mass is 9.70. The molecule has 2 nitrogen and oxygen atoms in total. The van der Waals surface area contributed by atoms with Crippen LogP contribution >= 0.6 is 0 Å². The first kappa shape index (κ1) is 15.5. The molecule has 1 atom stereocenters. The highest BCUT2D eigenvalue weighted by atomic mass is 15.0. The lowest BCUT2D eigenvalue weighted by Gasteiger charge is -2.32. The van der Waals surface area contributed by atoms with Crippen LogP contribution in [0.4, 0.5) is 0 Å². The van der Waals surface area contributed by atoms with Crippen LogP contribution < -0.4 is 0 Å². The third-order valence-corrected chi connectivity index (χ3v) is 4.40. The Morgan fingerprint density at radius 2 is 1.76 bits per heavy atom. The maximum atomic E-state index is 9.92. The van der Waals surface area contributed by atoms with Gasteiger partial charge in [-0.1, -0.05) is 50.2 Å². The van der Waals surface area contributed by atoms with Crippen molar-refractivity contribution in [3.05, 3.63) is 48.0 Å². The molecule has 0 spiro atoms. The minimum atomic E-state index is -0.422. The van der Waals surface area contributed by atoms with Crippen LogP contribution in [0.1, 0.15) is 25.8 Å². The zero-order valence-corrected chi connectivity index (χ0v) is 13.4. The predicted octanol–water partition coefficient (Wildman–Crippen LogP) is 4.21. The summed E-state index contributed by atoms with van der Waals surface area (Å²) in [5.41, 5.74) is 0.717. The van der Waals surface area contributed by atoms with E-state index in [9.17, 15) is 5.26 Å². The molecular formula is C19H24N2. The van der Waals surface area contributed by atoms with Gasteiger partial charge in [-0.25, -0.2) is 0 Å². The van der Waals surface area contributed by atoms with Gasteiger partial charge in [-0.15, -0.1) is 0 Å². The number of benzene rings is 2. The largest absolute Gasteiger partial charge is 0.309 e. The molecule has 0 fully saturated rings. The van der Waals surface area contributed by atoms with E-state index in [1.165, 1.54) is 10.8 Å². The predicted molar refractivity (Wildman–Crippen MR) is 89.2 cm³/mol. The first-order chi connectivity index (χ1) is 9.99. The third kappa shape index (κ3) is 3.09. The second kappa shape index (κ2) is 6.28. The number of nitrogens with zero attached hydrogens (tertiary/aromatic N) is 2. The van der Waals surface area contributed by atoms with Gasteiger partial charge in [-0.3, -0.25) is 0 Å². The van der Waals surface area contributed by atoms with E-state index < -0.39 is 5.41 Å². The summed E-state index contributed by atoms with van der Waals surface area (Å²) in [6.07, 6.45) is 0.854. The molecule has 0 bridgehead atoms. The Hall–Kier alpha value is -1.85. The molecule has 2 aromatic rings. The maximum Gasteiger partial charge on any atom is 0.0857 e. The monoisotopic (exact) mass is 280 g/mol. The molecule has 1 unspecified atom stereocenters. The highest BCUT2D eigenvalue weighted by molar-refractivity contribution is 5.83. The average molecular weight is 280 g/mol. The molecule has 0 aromatic heterocycles. The summed E-state index contributed by atoms with van der Waals surface area (Å²) in [7, 11) is 4.12. The van der Waals surface area contributed by atoms with Crippen molar-refractivity contribution in [1.29, 1.82) is 5.26 Å². The van der Waals surface area contributed by atoms with Gasteiger partial charge in [0.05, 0.1) is 11.5 Å². The number of fused-ring (bicyclic) bond motifs is 1. The molecule has 0 aliphatic carbocycles. The summed E-state index contributed by atoms with van der Waals surface area (Å²) < 4.78 is 0. The molecule has 2 heteroatoms. The van der Waals surface area contributed by atoms with Gasteiger partial charge >= 0.3 is 0 Å². The standard InChI is InChI=1S/C19H24N2/c1-15(2)19(14-20,11-12-21(3)4)18-10-9-16-7-5-6-8-17(16)13-18/h5-10,13,15H,11-12H2,1-4H3. The van der Waals surface area contributed by atoms with Crippen molar-refractivity contribution in [2.24, 2.45) is 5.92 Å². The zero-order chi connectivity index (χ0) is 15.5. The number of rotatable bonds is 5. The van der Waals surface area contributed by atoms with Gasteiger partial charge in [0.25, 0.3) is 0 Å². The topological polar surface area (TPSA) is 27.0 Å². The van der Waals surface area contributed by atoms with Gasteiger partial charge in [0.2, 0.25) is 0 Å². The average Bonchev–Trinajstić information content (AvgIpc) is 2.47. The Labute approximate surface area is 128 Å². The van der Waals surface area contributed by atoms with E-state index in [-0.39, 0.29) is 5.92 Å². The second-order valence-corrected chi connectivity index (χ2v) is 6.35. The first-order valence-electron chi connectivity index (χ1n) is 7.55. The molecule has 2 aromatic carbocycles. The summed E-state index contributed by atoms with van der Waals surface area (Å²) >= 11 is 0. The molecule has 0 aliphatic heterocycles. The van der Waals surface area contributed by atoms with E-state index in [1.807, 2.05) is 6.07 Å². The molecule has 21 heavy (non-hydrogen) atoms. The van der Waals surface area contributed by atoms with Crippen LogP contribution in [0, 0.1) is 17.2 Å². The maximum absolute atomic E-state index is 9.92. The first-order valence-corrected chi connectivity index (χ1v) is 7.55. The smallest absolute Gasteiger partial charge is 0.0857 e. The molecule has 110 valence electrons. The van der Waals surface area contributed by atoms with Crippen LogP contribution in [-0.4, -0.2) is 25.5 Å². The fourth-order valence-electron chi connectivity index (χ4n) is 2.88. The number of hydrogen-bond acceptors (Lipinski definition) is 2. The van der Waals surface area contributed by atoms with Crippen LogP contribution in [0.25, 0.3) is 10.8 Å². The fraction of sp³-hybridized carbons (Fsp3) is 0.421. The Kier molecular flexibility index (Phi) is 4.65. The molecule has 0 saturated carbocycles. The van der Waals surface area contributed by atoms with Crippen molar-refractivity contribution in [2.45, 2.75) is 25.7 Å². The second-order valence-electron chi connectivity index (χ2n) is 6.35. The van der Waals surface area contributed by atoms with E-state index in [4.69, 9.17) is 0 Å². The summed E-state index contributed by atoms with van der Waals surface area (Å²) in [6, 6.07) is 17.4. The van der Waals surface area contributed by atoms with E-state index >= 15 is 0 Å². The van der Waals surface area contributed by atoms with Gasteiger partial charge < -0.3 is 4.90 Å². The van der Waals surface area contributed by atoms with Crippen LogP contribution in [0.5, 0.6) is 0 Å². The van der Waals surface area contributed by atoms with Crippen molar-refractivity contribution in [1.82, 2.24) is 4.90 Å². The molecule has 0 amide bonds. The molecular weight excluding hydrogens is 256 g/mol. The van der Waals surface area contributed by atoms with E-state index in [1.54, 1.807) is 0 Å². The Bertz CT molecular complexity index is 652. The summed E-state index contributed by atoms with van der Waals surface area (Å²) in [5.74, 6) is 0.281. The van der Waals surface area contributed by atoms with Crippen molar-refractivity contribution in [2.75, 3.05) is 20.6 Å². The molecule has 0 radical (unpaired) electrons. The van der Waals surface area contributed by atoms with Crippen LogP contribution in [-0.2, 0) is 5.41 Å². The van der Waals surface area contributed by atoms with Crippen LogP contribution in [0.2, 0.25) is 0 Å². The number of hydrogen-bond donors (Lipinski definition) is 0. The van der Waals surface area contributed by atoms with E-state index in [2.05, 4.69) is 75.3 Å². The molecule has 0 aliphatic rings. The fourth-order valence-corrected chi connectivity index (χ4v) is 2.88. The Balaban J connectivity index is 2.50. The lowest BCUT2D eigenvalue weighted by molar-refractivity contribution is 0.303. The van der Waals surface area contributed by atoms with Crippen LogP contribution in [0.3, 0.4) is 0 Å². The normalized spacial score (nSPS) is 14.3. The van der Waals surface area contributed by atoms with Gasteiger partial charge in [0.1, 0.15) is 0 Å². The summed E-state index contributed by atoms with van der Waals surface area (Å²) in [4.78, 5) is 2.15. The zero-order valence-electron chi connectivity index (χ0n) is 13.4.